The lowest BCUT2D eigenvalue weighted by molar-refractivity contribution is -0.145. The van der Waals surface area contributed by atoms with Crippen LogP contribution >= 0.6 is 0 Å². The van der Waals surface area contributed by atoms with Gasteiger partial charge in [-0.15, -0.1) is 0 Å². The van der Waals surface area contributed by atoms with Gasteiger partial charge in [0.25, 0.3) is 0 Å². The molecule has 1 saturated carbocycles. The summed E-state index contributed by atoms with van der Waals surface area (Å²) < 4.78 is 7.43. The van der Waals surface area contributed by atoms with Crippen LogP contribution in [0.1, 0.15) is 76.9 Å². The molecule has 1 aliphatic carbocycles. The SMILES string of the molecule is CCC[C@@H]1c2cccn2CCN1C(=O)NC1(CC(=O)OCC)CCCCC1. The summed E-state index contributed by atoms with van der Waals surface area (Å²) in [4.78, 5) is 27.4. The molecule has 27 heavy (non-hydrogen) atoms. The monoisotopic (exact) mass is 375 g/mol. The number of hydrogen-bond acceptors (Lipinski definition) is 3. The van der Waals surface area contributed by atoms with Gasteiger partial charge in [-0.3, -0.25) is 4.79 Å². The van der Waals surface area contributed by atoms with E-state index in [1.54, 1.807) is 0 Å². The Bertz CT molecular complexity index is 649. The zero-order chi connectivity index (χ0) is 19.3. The van der Waals surface area contributed by atoms with E-state index in [-0.39, 0.29) is 24.5 Å². The van der Waals surface area contributed by atoms with Crippen LogP contribution in [0.5, 0.6) is 0 Å². The summed E-state index contributed by atoms with van der Waals surface area (Å²) in [7, 11) is 0. The van der Waals surface area contributed by atoms with E-state index in [0.29, 0.717) is 13.2 Å². The molecule has 2 heterocycles. The van der Waals surface area contributed by atoms with Gasteiger partial charge >= 0.3 is 12.0 Å². The summed E-state index contributed by atoms with van der Waals surface area (Å²) in [5, 5.41) is 3.28. The number of aromatic nitrogens is 1. The first kappa shape index (κ1) is 19.8. The third-order valence-corrected chi connectivity index (χ3v) is 5.96. The van der Waals surface area contributed by atoms with Gasteiger partial charge in [-0.1, -0.05) is 32.6 Å². The zero-order valence-corrected chi connectivity index (χ0v) is 16.7. The van der Waals surface area contributed by atoms with Gasteiger partial charge in [0.2, 0.25) is 0 Å². The number of nitrogens with zero attached hydrogens (tertiary/aromatic N) is 2. The van der Waals surface area contributed by atoms with Gasteiger partial charge in [-0.25, -0.2) is 4.79 Å². The van der Waals surface area contributed by atoms with Gasteiger partial charge in [0.15, 0.2) is 0 Å². The molecule has 0 spiro atoms. The number of nitrogens with one attached hydrogen (secondary N) is 1. The van der Waals surface area contributed by atoms with Gasteiger partial charge < -0.3 is 19.5 Å². The highest BCUT2D eigenvalue weighted by atomic mass is 16.5. The van der Waals surface area contributed by atoms with E-state index in [0.717, 1.165) is 51.5 Å². The average molecular weight is 376 g/mol. The number of amides is 2. The van der Waals surface area contributed by atoms with Crippen molar-refractivity contribution in [3.05, 3.63) is 24.0 Å². The van der Waals surface area contributed by atoms with Crippen molar-refractivity contribution in [1.82, 2.24) is 14.8 Å². The second kappa shape index (κ2) is 8.81. The largest absolute Gasteiger partial charge is 0.466 e. The van der Waals surface area contributed by atoms with Crippen LogP contribution in [0.4, 0.5) is 4.79 Å². The Hall–Kier alpha value is -1.98. The van der Waals surface area contributed by atoms with E-state index in [9.17, 15) is 9.59 Å². The number of ether oxygens (including phenoxy) is 1. The lowest BCUT2D eigenvalue weighted by atomic mass is 9.79. The molecule has 0 bridgehead atoms. The minimum Gasteiger partial charge on any atom is -0.466 e. The molecule has 1 aliphatic heterocycles. The molecule has 0 aromatic carbocycles. The summed E-state index contributed by atoms with van der Waals surface area (Å²) in [6.45, 7) is 5.88. The van der Waals surface area contributed by atoms with E-state index in [1.807, 2.05) is 11.8 Å². The third-order valence-electron chi connectivity index (χ3n) is 5.96. The Morgan fingerprint density at radius 2 is 2.00 bits per heavy atom. The van der Waals surface area contributed by atoms with Crippen molar-refractivity contribution in [3.63, 3.8) is 0 Å². The van der Waals surface area contributed by atoms with Gasteiger partial charge in [-0.2, -0.15) is 0 Å². The van der Waals surface area contributed by atoms with E-state index < -0.39 is 5.54 Å². The molecular weight excluding hydrogens is 342 g/mol. The van der Waals surface area contributed by atoms with Crippen LogP contribution in [-0.4, -0.2) is 40.2 Å². The van der Waals surface area contributed by atoms with Crippen LogP contribution in [0, 0.1) is 0 Å². The standard InChI is InChI=1S/C21H33N3O3/c1-3-9-18-17-10-8-13-23(17)14-15-24(18)20(26)22-21(11-6-5-7-12-21)16-19(25)27-4-2/h8,10,13,18H,3-7,9,11-12,14-16H2,1-2H3,(H,22,26)/t18-/m1/s1. The molecule has 0 unspecified atom stereocenters. The molecule has 0 radical (unpaired) electrons. The minimum absolute atomic E-state index is 0.0351. The Labute approximate surface area is 162 Å². The second-order valence-corrected chi connectivity index (χ2v) is 7.88. The molecule has 2 amide bonds. The maximum Gasteiger partial charge on any atom is 0.318 e. The molecule has 0 saturated heterocycles. The molecular formula is C21H33N3O3. The smallest absolute Gasteiger partial charge is 0.318 e. The number of esters is 1. The summed E-state index contributed by atoms with van der Waals surface area (Å²) >= 11 is 0. The van der Waals surface area contributed by atoms with E-state index in [1.165, 1.54) is 5.69 Å². The summed E-state index contributed by atoms with van der Waals surface area (Å²) in [5.41, 5.74) is 0.749. The summed E-state index contributed by atoms with van der Waals surface area (Å²) in [6.07, 6.45) is 9.28. The maximum absolute atomic E-state index is 13.3. The Morgan fingerprint density at radius 1 is 1.22 bits per heavy atom. The predicted molar refractivity (Wildman–Crippen MR) is 104 cm³/mol. The molecule has 6 heteroatoms. The van der Waals surface area contributed by atoms with Crippen LogP contribution in [0.15, 0.2) is 18.3 Å². The number of carbonyl (C=O) groups excluding carboxylic acids is 2. The molecule has 1 aromatic rings. The predicted octanol–water partition coefficient (Wildman–Crippen LogP) is 4.01. The van der Waals surface area contributed by atoms with Crippen molar-refractivity contribution in [2.24, 2.45) is 0 Å². The summed E-state index contributed by atoms with van der Waals surface area (Å²) in [5.74, 6) is -0.211. The lowest BCUT2D eigenvalue weighted by Gasteiger charge is -2.42. The van der Waals surface area contributed by atoms with Crippen LogP contribution in [0.3, 0.4) is 0 Å². The first-order valence-corrected chi connectivity index (χ1v) is 10.5. The molecule has 6 nitrogen and oxygen atoms in total. The fourth-order valence-electron chi connectivity index (χ4n) is 4.65. The second-order valence-electron chi connectivity index (χ2n) is 7.88. The molecule has 1 aromatic heterocycles. The van der Waals surface area contributed by atoms with Crippen LogP contribution < -0.4 is 5.32 Å². The van der Waals surface area contributed by atoms with Gasteiger partial charge in [0.1, 0.15) is 0 Å². The fourth-order valence-corrected chi connectivity index (χ4v) is 4.65. The number of hydrogen-bond donors (Lipinski definition) is 1. The quantitative estimate of drug-likeness (QED) is 0.764. The first-order chi connectivity index (χ1) is 13.1. The van der Waals surface area contributed by atoms with E-state index in [4.69, 9.17) is 4.74 Å². The van der Waals surface area contributed by atoms with E-state index >= 15 is 0 Å². The van der Waals surface area contributed by atoms with Gasteiger partial charge in [0, 0.05) is 25.0 Å². The van der Waals surface area contributed by atoms with E-state index in [2.05, 4.69) is 35.1 Å². The highest BCUT2D eigenvalue weighted by Crippen LogP contribution is 2.34. The van der Waals surface area contributed by atoms with Crippen LogP contribution in [-0.2, 0) is 16.1 Å². The zero-order valence-electron chi connectivity index (χ0n) is 16.7. The number of fused-ring (bicyclic) bond motifs is 1. The van der Waals surface area contributed by atoms with Crippen molar-refractivity contribution >= 4 is 12.0 Å². The van der Waals surface area contributed by atoms with Crippen LogP contribution in [0.2, 0.25) is 0 Å². The molecule has 3 rings (SSSR count). The topological polar surface area (TPSA) is 63.6 Å². The maximum atomic E-state index is 13.3. The fraction of sp³-hybridized carbons (Fsp3) is 0.714. The van der Waals surface area contributed by atoms with Gasteiger partial charge in [-0.05, 0) is 38.3 Å². The van der Waals surface area contributed by atoms with Crippen molar-refractivity contribution in [2.45, 2.75) is 83.3 Å². The third kappa shape index (κ3) is 4.47. The number of carbonyl (C=O) groups is 2. The lowest BCUT2D eigenvalue weighted by Crippen LogP contribution is -2.57. The highest BCUT2D eigenvalue weighted by Gasteiger charge is 2.39. The number of rotatable bonds is 6. The normalized spacial score (nSPS) is 21.4. The molecule has 150 valence electrons. The van der Waals surface area contributed by atoms with Crippen molar-refractivity contribution in [1.29, 1.82) is 0 Å². The Kier molecular flexibility index (Phi) is 6.45. The summed E-state index contributed by atoms with van der Waals surface area (Å²) in [6, 6.07) is 4.24. The average Bonchev–Trinajstić information content (AvgIpc) is 3.12. The minimum atomic E-state index is -0.461. The molecule has 2 aliphatic rings. The number of urea groups is 1. The van der Waals surface area contributed by atoms with Crippen molar-refractivity contribution in [3.8, 4) is 0 Å². The first-order valence-electron chi connectivity index (χ1n) is 10.5. The Morgan fingerprint density at radius 3 is 2.70 bits per heavy atom. The van der Waals surface area contributed by atoms with Gasteiger partial charge in [0.05, 0.1) is 24.6 Å². The Balaban J connectivity index is 1.75. The van der Waals surface area contributed by atoms with Crippen LogP contribution in [0.25, 0.3) is 0 Å². The molecule has 1 N–H and O–H groups in total. The van der Waals surface area contributed by atoms with Crippen molar-refractivity contribution < 1.29 is 14.3 Å². The molecule has 1 fully saturated rings. The highest BCUT2D eigenvalue weighted by molar-refractivity contribution is 5.78. The molecule has 1 atom stereocenters. The van der Waals surface area contributed by atoms with Crippen molar-refractivity contribution in [2.75, 3.05) is 13.2 Å².